The lowest BCUT2D eigenvalue weighted by Crippen LogP contribution is -2.07. The third-order valence-electron chi connectivity index (χ3n) is 4.56. The Morgan fingerprint density at radius 2 is 2.03 bits per heavy atom. The van der Waals surface area contributed by atoms with Gasteiger partial charge in [0.25, 0.3) is 5.69 Å². The minimum absolute atomic E-state index is 0.0406. The maximum Gasteiger partial charge on any atom is 0.270 e. The molecule has 0 spiro atoms. The van der Waals surface area contributed by atoms with Gasteiger partial charge in [0, 0.05) is 23.3 Å². The molecule has 0 amide bonds. The van der Waals surface area contributed by atoms with Crippen LogP contribution in [0.4, 0.5) is 10.8 Å². The summed E-state index contributed by atoms with van der Waals surface area (Å²) in [6.45, 7) is 0. The summed E-state index contributed by atoms with van der Waals surface area (Å²) >= 11 is 8.06. The number of nitro benzene ring substituents is 1. The fourth-order valence-electron chi connectivity index (χ4n) is 3.10. The predicted octanol–water partition coefficient (Wildman–Crippen LogP) is 5.25. The molecule has 0 aliphatic carbocycles. The number of nitro groups is 1. The van der Waals surface area contributed by atoms with Gasteiger partial charge in [0.1, 0.15) is 5.71 Å². The quantitative estimate of drug-likeness (QED) is 0.229. The first-order valence-electron chi connectivity index (χ1n) is 9.15. The molecule has 4 aromatic rings. The van der Waals surface area contributed by atoms with Crippen LogP contribution in [0.1, 0.15) is 10.4 Å². The Kier molecular flexibility index (Phi) is 5.09. The molecule has 9 nitrogen and oxygen atoms in total. The molecule has 158 valence electrons. The van der Waals surface area contributed by atoms with Gasteiger partial charge in [-0.05, 0) is 30.4 Å². The molecule has 0 bridgehead atoms. The SMILES string of the molecule is O=[N+]([O-])c1cccc(C2=NN=C/C2=C\c2sc(=S)n(Nc3nc4ccccc4s3)c2O)c1. The van der Waals surface area contributed by atoms with Gasteiger partial charge in [-0.2, -0.15) is 9.78 Å². The summed E-state index contributed by atoms with van der Waals surface area (Å²) in [5.74, 6) is -0.0783. The van der Waals surface area contributed by atoms with E-state index in [9.17, 15) is 15.2 Å². The van der Waals surface area contributed by atoms with Crippen molar-refractivity contribution in [1.29, 1.82) is 0 Å². The van der Waals surface area contributed by atoms with Crippen LogP contribution in [0.2, 0.25) is 0 Å². The predicted molar refractivity (Wildman–Crippen MR) is 130 cm³/mol. The molecular formula is C20H12N6O3S3. The molecule has 0 unspecified atom stereocenters. The van der Waals surface area contributed by atoms with Crippen molar-refractivity contribution < 1.29 is 10.0 Å². The van der Waals surface area contributed by atoms with E-state index in [0.29, 0.717) is 30.8 Å². The second-order valence-corrected chi connectivity index (χ2v) is 9.30. The molecule has 2 aromatic heterocycles. The largest absolute Gasteiger partial charge is 0.492 e. The fraction of sp³-hybridized carbons (Fsp3) is 0. The Bertz CT molecular complexity index is 1500. The summed E-state index contributed by atoms with van der Waals surface area (Å²) in [6, 6.07) is 13.9. The Morgan fingerprint density at radius 1 is 1.19 bits per heavy atom. The number of benzene rings is 2. The summed E-state index contributed by atoms with van der Waals surface area (Å²) in [7, 11) is 0. The smallest absolute Gasteiger partial charge is 0.270 e. The van der Waals surface area contributed by atoms with Gasteiger partial charge in [0.2, 0.25) is 11.0 Å². The average Bonchev–Trinajstić information content (AvgIpc) is 3.48. The first-order valence-corrected chi connectivity index (χ1v) is 11.2. The number of rotatable bonds is 5. The minimum atomic E-state index is -0.464. The summed E-state index contributed by atoms with van der Waals surface area (Å²) in [6.07, 6.45) is 3.22. The van der Waals surface area contributed by atoms with Crippen LogP contribution < -0.4 is 5.43 Å². The molecule has 0 atom stereocenters. The monoisotopic (exact) mass is 480 g/mol. The number of thiazole rings is 2. The van der Waals surface area contributed by atoms with Crippen LogP contribution in [0.5, 0.6) is 5.88 Å². The zero-order valence-electron chi connectivity index (χ0n) is 16.0. The molecule has 5 rings (SSSR count). The number of anilines is 1. The summed E-state index contributed by atoms with van der Waals surface area (Å²) in [5, 5.41) is 30.5. The first kappa shape index (κ1) is 20.2. The molecule has 2 aromatic carbocycles. The second kappa shape index (κ2) is 8.07. The number of non-ortho nitro benzene ring substituents is 1. The lowest BCUT2D eigenvalue weighted by molar-refractivity contribution is -0.384. The van der Waals surface area contributed by atoms with Gasteiger partial charge < -0.3 is 5.11 Å². The lowest BCUT2D eigenvalue weighted by Gasteiger charge is -2.05. The lowest BCUT2D eigenvalue weighted by atomic mass is 10.0. The molecule has 32 heavy (non-hydrogen) atoms. The topological polar surface area (TPSA) is 118 Å². The number of para-hydroxylation sites is 1. The van der Waals surface area contributed by atoms with Crippen LogP contribution >= 0.6 is 34.9 Å². The molecule has 1 aliphatic heterocycles. The van der Waals surface area contributed by atoms with Crippen molar-refractivity contribution in [3.8, 4) is 5.88 Å². The second-order valence-electron chi connectivity index (χ2n) is 6.59. The van der Waals surface area contributed by atoms with Crippen LogP contribution in [0.3, 0.4) is 0 Å². The van der Waals surface area contributed by atoms with Crippen LogP contribution in [0.15, 0.2) is 64.3 Å². The Morgan fingerprint density at radius 3 is 2.84 bits per heavy atom. The van der Waals surface area contributed by atoms with E-state index >= 15 is 0 Å². The van der Waals surface area contributed by atoms with Crippen LogP contribution in [-0.4, -0.2) is 31.6 Å². The van der Waals surface area contributed by atoms with E-state index in [-0.39, 0.29) is 11.6 Å². The maximum absolute atomic E-state index is 11.1. The number of fused-ring (bicyclic) bond motifs is 1. The highest BCUT2D eigenvalue weighted by Crippen LogP contribution is 2.32. The third kappa shape index (κ3) is 3.70. The molecule has 0 saturated heterocycles. The van der Waals surface area contributed by atoms with Gasteiger partial charge in [-0.3, -0.25) is 15.5 Å². The molecule has 12 heteroatoms. The van der Waals surface area contributed by atoms with Gasteiger partial charge >= 0.3 is 0 Å². The number of nitrogens with one attached hydrogen (secondary N) is 1. The highest BCUT2D eigenvalue weighted by Gasteiger charge is 2.19. The van der Waals surface area contributed by atoms with Crippen LogP contribution in [-0.2, 0) is 0 Å². The molecule has 0 radical (unpaired) electrons. The van der Waals surface area contributed by atoms with Crippen molar-refractivity contribution in [2.45, 2.75) is 0 Å². The minimum Gasteiger partial charge on any atom is -0.492 e. The van der Waals surface area contributed by atoms with Crippen LogP contribution in [0, 0.1) is 14.1 Å². The van der Waals surface area contributed by atoms with E-state index in [1.54, 1.807) is 18.2 Å². The summed E-state index contributed by atoms with van der Waals surface area (Å²) in [5.41, 5.74) is 5.49. The molecule has 0 fully saturated rings. The highest BCUT2D eigenvalue weighted by molar-refractivity contribution is 7.73. The van der Waals surface area contributed by atoms with E-state index in [0.717, 1.165) is 10.2 Å². The zero-order chi connectivity index (χ0) is 22.2. The molecule has 1 aliphatic rings. The third-order valence-corrected chi connectivity index (χ3v) is 6.81. The molecule has 3 heterocycles. The zero-order valence-corrected chi connectivity index (χ0v) is 18.4. The number of hydrogen-bond acceptors (Lipinski definition) is 10. The molecular weight excluding hydrogens is 468 g/mol. The molecule has 2 N–H and O–H groups in total. The number of allylic oxidation sites excluding steroid dienone is 1. The van der Waals surface area contributed by atoms with Crippen molar-refractivity contribution in [2.75, 3.05) is 5.43 Å². The van der Waals surface area contributed by atoms with Crippen LogP contribution in [0.25, 0.3) is 16.3 Å². The normalized spacial score (nSPS) is 14.2. The fourth-order valence-corrected chi connectivity index (χ4v) is 5.13. The Labute approximate surface area is 193 Å². The molecule has 0 saturated carbocycles. The number of aromatic hydroxyl groups is 1. The van der Waals surface area contributed by atoms with Gasteiger partial charge in [0.15, 0.2) is 3.95 Å². The van der Waals surface area contributed by atoms with E-state index in [1.807, 2.05) is 24.3 Å². The Hall–Kier alpha value is -3.74. The van der Waals surface area contributed by atoms with Crippen molar-refractivity contribution in [2.24, 2.45) is 10.2 Å². The number of hydrogen-bond donors (Lipinski definition) is 2. The van der Waals surface area contributed by atoms with Crippen molar-refractivity contribution in [3.05, 3.63) is 78.6 Å². The summed E-state index contributed by atoms with van der Waals surface area (Å²) < 4.78 is 2.80. The van der Waals surface area contributed by atoms with E-state index < -0.39 is 4.92 Å². The Balaban J connectivity index is 1.47. The van der Waals surface area contributed by atoms with E-state index in [1.165, 1.54) is 45.7 Å². The standard InChI is InChI=1S/C20H12N6O3S3/c27-18-16(9-12-10-21-23-17(12)11-4-3-5-13(8-11)26(28)29)32-20(30)25(18)24-19-22-14-6-1-2-7-15(14)31-19/h1-10,27H,(H,22,24)/b12-9+. The van der Waals surface area contributed by atoms with Crippen molar-refractivity contribution in [1.82, 2.24) is 9.66 Å². The van der Waals surface area contributed by atoms with E-state index in [2.05, 4.69) is 20.6 Å². The first-order chi connectivity index (χ1) is 15.5. The van der Waals surface area contributed by atoms with Crippen molar-refractivity contribution in [3.63, 3.8) is 0 Å². The highest BCUT2D eigenvalue weighted by atomic mass is 32.1. The van der Waals surface area contributed by atoms with Gasteiger partial charge in [-0.1, -0.05) is 46.9 Å². The number of aromatic nitrogens is 2. The van der Waals surface area contributed by atoms with Crippen molar-refractivity contribution >= 4 is 73.9 Å². The average molecular weight is 481 g/mol. The van der Waals surface area contributed by atoms with Gasteiger partial charge in [-0.25, -0.2) is 4.98 Å². The summed E-state index contributed by atoms with van der Waals surface area (Å²) in [4.78, 5) is 15.6. The van der Waals surface area contributed by atoms with Gasteiger partial charge in [-0.15, -0.1) is 5.10 Å². The number of nitrogens with zero attached hydrogens (tertiary/aromatic N) is 5. The maximum atomic E-state index is 11.1. The van der Waals surface area contributed by atoms with Gasteiger partial charge in [0.05, 0.1) is 26.2 Å². The van der Waals surface area contributed by atoms with E-state index in [4.69, 9.17) is 12.2 Å².